The molecule has 0 spiro atoms. The molecule has 1 aliphatic rings. The molecule has 128 valence electrons. The molecule has 1 unspecified atom stereocenters. The summed E-state index contributed by atoms with van der Waals surface area (Å²) in [7, 11) is 3.46. The third kappa shape index (κ3) is 3.64. The number of fused-ring (bicyclic) bond motifs is 1. The zero-order valence-electron chi connectivity index (χ0n) is 13.9. The van der Waals surface area contributed by atoms with Crippen molar-refractivity contribution in [2.24, 2.45) is 5.92 Å². The van der Waals surface area contributed by atoms with Gasteiger partial charge < -0.3 is 15.1 Å². The third-order valence-electron chi connectivity index (χ3n) is 4.23. The SMILES string of the molecule is CN(C)C(=O)N1CCCC(C(=O)NCc2ccc3nsnc3c2)C1. The lowest BCUT2D eigenvalue weighted by Gasteiger charge is -2.33. The van der Waals surface area contributed by atoms with Crippen LogP contribution in [0.4, 0.5) is 4.79 Å². The van der Waals surface area contributed by atoms with Crippen LogP contribution in [-0.4, -0.2) is 57.7 Å². The molecule has 1 fully saturated rings. The van der Waals surface area contributed by atoms with Gasteiger partial charge in [-0.25, -0.2) is 4.79 Å². The Bertz CT molecular complexity index is 745. The van der Waals surface area contributed by atoms with E-state index in [1.165, 1.54) is 11.7 Å². The monoisotopic (exact) mass is 347 g/mol. The van der Waals surface area contributed by atoms with Crippen molar-refractivity contribution >= 4 is 34.7 Å². The highest BCUT2D eigenvalue weighted by atomic mass is 32.1. The highest BCUT2D eigenvalue weighted by Gasteiger charge is 2.28. The molecule has 0 aliphatic carbocycles. The number of hydrogen-bond donors (Lipinski definition) is 1. The number of piperidine rings is 1. The van der Waals surface area contributed by atoms with E-state index in [1.807, 2.05) is 18.2 Å². The summed E-state index contributed by atoms with van der Waals surface area (Å²) < 4.78 is 8.38. The summed E-state index contributed by atoms with van der Waals surface area (Å²) in [5.41, 5.74) is 2.73. The fourth-order valence-electron chi connectivity index (χ4n) is 2.92. The fraction of sp³-hybridized carbons (Fsp3) is 0.500. The second-order valence-electron chi connectivity index (χ2n) is 6.27. The van der Waals surface area contributed by atoms with Gasteiger partial charge in [-0.15, -0.1) is 0 Å². The van der Waals surface area contributed by atoms with Gasteiger partial charge >= 0.3 is 6.03 Å². The molecule has 1 aromatic heterocycles. The van der Waals surface area contributed by atoms with Crippen LogP contribution in [-0.2, 0) is 11.3 Å². The number of rotatable bonds is 3. The lowest BCUT2D eigenvalue weighted by atomic mass is 9.97. The van der Waals surface area contributed by atoms with Crippen molar-refractivity contribution in [1.82, 2.24) is 23.9 Å². The molecule has 0 bridgehead atoms. The molecule has 1 saturated heterocycles. The Morgan fingerprint density at radius 1 is 1.33 bits per heavy atom. The fourth-order valence-corrected chi connectivity index (χ4v) is 3.44. The van der Waals surface area contributed by atoms with Crippen molar-refractivity contribution in [3.05, 3.63) is 23.8 Å². The van der Waals surface area contributed by atoms with E-state index in [2.05, 4.69) is 14.1 Å². The summed E-state index contributed by atoms with van der Waals surface area (Å²) in [5, 5.41) is 2.98. The minimum atomic E-state index is -0.146. The first kappa shape index (κ1) is 16.6. The van der Waals surface area contributed by atoms with Crippen LogP contribution >= 0.6 is 11.7 Å². The minimum absolute atomic E-state index is 0.00255. The van der Waals surface area contributed by atoms with E-state index in [0.717, 1.165) is 29.4 Å². The van der Waals surface area contributed by atoms with E-state index in [4.69, 9.17) is 0 Å². The number of carbonyl (C=O) groups is 2. The smallest absolute Gasteiger partial charge is 0.319 e. The summed E-state index contributed by atoms with van der Waals surface area (Å²) in [4.78, 5) is 27.8. The summed E-state index contributed by atoms with van der Waals surface area (Å²) in [6, 6.07) is 5.78. The van der Waals surface area contributed by atoms with Crippen LogP contribution in [0, 0.1) is 5.92 Å². The Labute approximate surface area is 145 Å². The predicted octanol–water partition coefficient (Wildman–Crippen LogP) is 1.70. The van der Waals surface area contributed by atoms with E-state index in [9.17, 15) is 9.59 Å². The highest BCUT2D eigenvalue weighted by molar-refractivity contribution is 7.00. The molecule has 0 radical (unpaired) electrons. The lowest BCUT2D eigenvalue weighted by molar-refractivity contribution is -0.126. The average molecular weight is 347 g/mol. The maximum atomic E-state index is 12.4. The topological polar surface area (TPSA) is 78.4 Å². The first-order valence-electron chi connectivity index (χ1n) is 8.00. The van der Waals surface area contributed by atoms with Crippen LogP contribution in [0.1, 0.15) is 18.4 Å². The van der Waals surface area contributed by atoms with Gasteiger partial charge in [0.15, 0.2) is 0 Å². The first-order valence-corrected chi connectivity index (χ1v) is 8.73. The Hall–Kier alpha value is -2.22. The molecule has 8 heteroatoms. The van der Waals surface area contributed by atoms with E-state index in [-0.39, 0.29) is 17.9 Å². The van der Waals surface area contributed by atoms with Crippen LogP contribution in [0.5, 0.6) is 0 Å². The average Bonchev–Trinajstić information content (AvgIpc) is 3.06. The van der Waals surface area contributed by atoms with Crippen LogP contribution in [0.3, 0.4) is 0 Å². The molecule has 1 aromatic carbocycles. The van der Waals surface area contributed by atoms with Crippen LogP contribution < -0.4 is 5.32 Å². The number of amides is 3. The van der Waals surface area contributed by atoms with Crippen LogP contribution in [0.15, 0.2) is 18.2 Å². The quantitative estimate of drug-likeness (QED) is 0.917. The molecule has 2 aromatic rings. The molecular formula is C16H21N5O2S. The Balaban J connectivity index is 1.57. The van der Waals surface area contributed by atoms with Gasteiger partial charge in [-0.2, -0.15) is 8.75 Å². The Morgan fingerprint density at radius 2 is 2.12 bits per heavy atom. The van der Waals surface area contributed by atoms with Crippen molar-refractivity contribution in [1.29, 1.82) is 0 Å². The number of likely N-dealkylation sites (tertiary alicyclic amines) is 1. The highest BCUT2D eigenvalue weighted by Crippen LogP contribution is 2.18. The number of carbonyl (C=O) groups excluding carboxylic acids is 2. The summed E-state index contributed by atoms with van der Waals surface area (Å²) >= 11 is 1.19. The van der Waals surface area contributed by atoms with Gasteiger partial charge in [-0.05, 0) is 30.5 Å². The standard InChI is InChI=1S/C16H21N5O2S/c1-20(2)16(23)21-7-3-4-12(10-21)15(22)17-9-11-5-6-13-14(8-11)19-24-18-13/h5-6,8,12H,3-4,7,9-10H2,1-2H3,(H,17,22). The third-order valence-corrected chi connectivity index (χ3v) is 4.79. The second-order valence-corrected chi connectivity index (χ2v) is 6.80. The molecule has 3 amide bonds. The molecule has 2 heterocycles. The van der Waals surface area contributed by atoms with Gasteiger partial charge in [0.1, 0.15) is 11.0 Å². The van der Waals surface area contributed by atoms with E-state index in [0.29, 0.717) is 19.6 Å². The normalized spacial score (nSPS) is 17.8. The predicted molar refractivity (Wildman–Crippen MR) is 92.6 cm³/mol. The Kier molecular flexibility index (Phi) is 4.94. The molecule has 1 N–H and O–H groups in total. The van der Waals surface area contributed by atoms with E-state index in [1.54, 1.807) is 23.9 Å². The lowest BCUT2D eigenvalue weighted by Crippen LogP contribution is -2.48. The van der Waals surface area contributed by atoms with Crippen molar-refractivity contribution in [3.63, 3.8) is 0 Å². The minimum Gasteiger partial charge on any atom is -0.352 e. The first-order chi connectivity index (χ1) is 11.5. The maximum absolute atomic E-state index is 12.4. The molecule has 3 rings (SSSR count). The Morgan fingerprint density at radius 3 is 2.92 bits per heavy atom. The van der Waals surface area contributed by atoms with Gasteiger partial charge in [0.2, 0.25) is 5.91 Å². The van der Waals surface area contributed by atoms with Gasteiger partial charge in [0.25, 0.3) is 0 Å². The number of hydrogen-bond acceptors (Lipinski definition) is 5. The summed E-state index contributed by atoms with van der Waals surface area (Å²) in [6.07, 6.45) is 1.67. The molecule has 0 saturated carbocycles. The van der Waals surface area contributed by atoms with Crippen molar-refractivity contribution in [3.8, 4) is 0 Å². The summed E-state index contributed by atoms with van der Waals surface area (Å²) in [6.45, 7) is 1.66. The largest absolute Gasteiger partial charge is 0.352 e. The number of nitrogens with one attached hydrogen (secondary N) is 1. The molecule has 7 nitrogen and oxygen atoms in total. The van der Waals surface area contributed by atoms with Crippen molar-refractivity contribution in [2.45, 2.75) is 19.4 Å². The van der Waals surface area contributed by atoms with Gasteiger partial charge in [0.05, 0.1) is 17.6 Å². The van der Waals surface area contributed by atoms with Gasteiger partial charge in [-0.3, -0.25) is 4.79 Å². The van der Waals surface area contributed by atoms with E-state index < -0.39 is 0 Å². The molecular weight excluding hydrogens is 326 g/mol. The second kappa shape index (κ2) is 7.12. The van der Waals surface area contributed by atoms with Gasteiger partial charge in [0, 0.05) is 33.7 Å². The summed E-state index contributed by atoms with van der Waals surface area (Å²) in [5.74, 6) is -0.143. The zero-order valence-corrected chi connectivity index (χ0v) is 14.7. The van der Waals surface area contributed by atoms with Crippen molar-refractivity contribution < 1.29 is 9.59 Å². The van der Waals surface area contributed by atoms with Crippen LogP contribution in [0.2, 0.25) is 0 Å². The van der Waals surface area contributed by atoms with Crippen LogP contribution in [0.25, 0.3) is 11.0 Å². The number of urea groups is 1. The van der Waals surface area contributed by atoms with E-state index >= 15 is 0 Å². The number of benzene rings is 1. The number of aromatic nitrogens is 2. The van der Waals surface area contributed by atoms with Gasteiger partial charge in [-0.1, -0.05) is 6.07 Å². The maximum Gasteiger partial charge on any atom is 0.319 e. The molecule has 1 aliphatic heterocycles. The number of nitrogens with zero attached hydrogens (tertiary/aromatic N) is 4. The van der Waals surface area contributed by atoms with Crippen molar-refractivity contribution in [2.75, 3.05) is 27.2 Å². The molecule has 1 atom stereocenters. The molecule has 24 heavy (non-hydrogen) atoms. The zero-order chi connectivity index (χ0) is 17.1.